The van der Waals surface area contributed by atoms with Gasteiger partial charge in [0, 0.05) is 18.1 Å². The predicted octanol–water partition coefficient (Wildman–Crippen LogP) is 4.03. The van der Waals surface area contributed by atoms with Gasteiger partial charge in [0.2, 0.25) is 0 Å². The van der Waals surface area contributed by atoms with Crippen molar-refractivity contribution in [2.24, 2.45) is 11.8 Å². The Morgan fingerprint density at radius 3 is 2.92 bits per heavy atom. The number of aliphatic hydroxyl groups excluding tert-OH is 1. The van der Waals surface area contributed by atoms with Crippen molar-refractivity contribution in [1.82, 2.24) is 9.88 Å². The van der Waals surface area contributed by atoms with Gasteiger partial charge in [-0.2, -0.15) is 0 Å². The molecule has 136 valence electrons. The lowest BCUT2D eigenvalue weighted by Gasteiger charge is -2.36. The average Bonchev–Trinajstić information content (AvgIpc) is 2.65. The standard InChI is InChI=1S/C21H30N2O2/c1-4-15-14-23(2)12-10-16(15)5-8-21(24)18-9-11-22-20-7-6-17(25-3)13-19(18)20/h6-7,9,11,13,15-16,21,24H,4-5,8,10,12,14H2,1-3H3/t15-,16+,21-/m0/s1. The number of piperidine rings is 1. The highest BCUT2D eigenvalue weighted by atomic mass is 16.5. The molecule has 0 spiro atoms. The van der Waals surface area contributed by atoms with Crippen molar-refractivity contribution in [2.75, 3.05) is 27.2 Å². The Balaban J connectivity index is 1.73. The number of pyridine rings is 1. The Bertz CT molecular complexity index is 703. The van der Waals surface area contributed by atoms with Crippen LogP contribution in [0.4, 0.5) is 0 Å². The quantitative estimate of drug-likeness (QED) is 0.861. The molecule has 0 saturated carbocycles. The lowest BCUT2D eigenvalue weighted by atomic mass is 9.80. The van der Waals surface area contributed by atoms with Gasteiger partial charge in [0.1, 0.15) is 5.75 Å². The average molecular weight is 342 g/mol. The zero-order chi connectivity index (χ0) is 17.8. The highest BCUT2D eigenvalue weighted by Gasteiger charge is 2.27. The highest BCUT2D eigenvalue weighted by Crippen LogP contribution is 2.34. The third kappa shape index (κ3) is 4.13. The van der Waals surface area contributed by atoms with Gasteiger partial charge in [-0.05, 0) is 74.5 Å². The SMILES string of the molecule is CC[C@H]1CN(C)CC[C@H]1CC[C@H](O)c1ccnc2ccc(OC)cc12. The molecule has 1 saturated heterocycles. The maximum Gasteiger partial charge on any atom is 0.119 e. The molecule has 0 bridgehead atoms. The van der Waals surface area contributed by atoms with Crippen LogP contribution in [0.5, 0.6) is 5.75 Å². The molecule has 2 aromatic rings. The molecule has 4 nitrogen and oxygen atoms in total. The molecule has 1 aliphatic rings. The summed E-state index contributed by atoms with van der Waals surface area (Å²) in [5.41, 5.74) is 1.87. The summed E-state index contributed by atoms with van der Waals surface area (Å²) < 4.78 is 5.34. The summed E-state index contributed by atoms with van der Waals surface area (Å²) in [5, 5.41) is 11.8. The van der Waals surface area contributed by atoms with Crippen molar-refractivity contribution >= 4 is 10.9 Å². The normalized spacial score (nSPS) is 22.9. The van der Waals surface area contributed by atoms with E-state index in [9.17, 15) is 5.11 Å². The number of nitrogens with zero attached hydrogens (tertiary/aromatic N) is 2. The fraction of sp³-hybridized carbons (Fsp3) is 0.571. The molecule has 1 fully saturated rings. The Morgan fingerprint density at radius 2 is 2.16 bits per heavy atom. The Kier molecular flexibility index (Phi) is 5.92. The van der Waals surface area contributed by atoms with Crippen molar-refractivity contribution < 1.29 is 9.84 Å². The summed E-state index contributed by atoms with van der Waals surface area (Å²) in [4.78, 5) is 6.85. The fourth-order valence-corrected chi connectivity index (χ4v) is 4.20. The summed E-state index contributed by atoms with van der Waals surface area (Å²) in [7, 11) is 3.88. The van der Waals surface area contributed by atoms with E-state index in [2.05, 4.69) is 23.9 Å². The zero-order valence-corrected chi connectivity index (χ0v) is 15.6. The molecule has 2 heterocycles. The third-order valence-corrected chi connectivity index (χ3v) is 5.77. The van der Waals surface area contributed by atoms with Gasteiger partial charge in [-0.15, -0.1) is 0 Å². The summed E-state index contributed by atoms with van der Waals surface area (Å²) in [6, 6.07) is 7.79. The largest absolute Gasteiger partial charge is 0.497 e. The molecule has 3 atom stereocenters. The smallest absolute Gasteiger partial charge is 0.119 e. The van der Waals surface area contributed by atoms with Gasteiger partial charge in [0.15, 0.2) is 0 Å². The number of rotatable bonds is 6. The number of fused-ring (bicyclic) bond motifs is 1. The predicted molar refractivity (Wildman–Crippen MR) is 102 cm³/mol. The van der Waals surface area contributed by atoms with Crippen LogP contribution in [-0.4, -0.2) is 42.2 Å². The maximum atomic E-state index is 10.8. The van der Waals surface area contributed by atoms with Crippen LogP contribution in [0.3, 0.4) is 0 Å². The van der Waals surface area contributed by atoms with Crippen LogP contribution >= 0.6 is 0 Å². The minimum atomic E-state index is -0.449. The first-order valence-corrected chi connectivity index (χ1v) is 9.41. The van der Waals surface area contributed by atoms with Gasteiger partial charge in [0.05, 0.1) is 18.7 Å². The molecular formula is C21H30N2O2. The first kappa shape index (κ1) is 18.2. The van der Waals surface area contributed by atoms with E-state index in [4.69, 9.17) is 4.74 Å². The molecule has 3 rings (SSSR count). The van der Waals surface area contributed by atoms with Gasteiger partial charge in [-0.25, -0.2) is 0 Å². The first-order valence-electron chi connectivity index (χ1n) is 9.41. The number of methoxy groups -OCH3 is 1. The van der Waals surface area contributed by atoms with E-state index < -0.39 is 6.10 Å². The molecule has 1 aromatic heterocycles. The van der Waals surface area contributed by atoms with Crippen molar-refractivity contribution in [3.05, 3.63) is 36.0 Å². The number of aliphatic hydroxyl groups is 1. The van der Waals surface area contributed by atoms with Crippen LogP contribution in [0, 0.1) is 11.8 Å². The van der Waals surface area contributed by atoms with E-state index in [0.29, 0.717) is 0 Å². The van der Waals surface area contributed by atoms with E-state index in [1.807, 2.05) is 24.3 Å². The number of hydrogen-bond donors (Lipinski definition) is 1. The molecule has 0 radical (unpaired) electrons. The number of hydrogen-bond acceptors (Lipinski definition) is 4. The van der Waals surface area contributed by atoms with E-state index >= 15 is 0 Å². The number of ether oxygens (including phenoxy) is 1. The first-order chi connectivity index (χ1) is 12.1. The number of likely N-dealkylation sites (tertiary alicyclic amines) is 1. The van der Waals surface area contributed by atoms with Gasteiger partial charge in [0.25, 0.3) is 0 Å². The van der Waals surface area contributed by atoms with Crippen molar-refractivity contribution in [2.45, 2.75) is 38.7 Å². The molecule has 1 aliphatic heterocycles. The highest BCUT2D eigenvalue weighted by molar-refractivity contribution is 5.83. The Morgan fingerprint density at radius 1 is 1.32 bits per heavy atom. The summed E-state index contributed by atoms with van der Waals surface area (Å²) in [6.45, 7) is 4.65. The number of benzene rings is 1. The molecule has 0 amide bonds. The fourth-order valence-electron chi connectivity index (χ4n) is 4.20. The van der Waals surface area contributed by atoms with E-state index in [1.165, 1.54) is 25.9 Å². The maximum absolute atomic E-state index is 10.8. The van der Waals surface area contributed by atoms with Gasteiger partial charge < -0.3 is 14.7 Å². The molecule has 0 unspecified atom stereocenters. The number of aromatic nitrogens is 1. The molecule has 1 N–H and O–H groups in total. The Labute approximate surface area is 150 Å². The molecule has 4 heteroatoms. The molecule has 25 heavy (non-hydrogen) atoms. The second-order valence-corrected chi connectivity index (χ2v) is 7.36. The third-order valence-electron chi connectivity index (χ3n) is 5.77. The van der Waals surface area contributed by atoms with E-state index in [0.717, 1.165) is 46.9 Å². The molecular weight excluding hydrogens is 312 g/mol. The van der Waals surface area contributed by atoms with Crippen LogP contribution in [0.2, 0.25) is 0 Å². The summed E-state index contributed by atoms with van der Waals surface area (Å²) >= 11 is 0. The lowest BCUT2D eigenvalue weighted by molar-refractivity contribution is 0.105. The van der Waals surface area contributed by atoms with Crippen molar-refractivity contribution in [3.8, 4) is 5.75 Å². The second-order valence-electron chi connectivity index (χ2n) is 7.36. The summed E-state index contributed by atoms with van der Waals surface area (Å²) in [6.07, 6.45) is 5.70. The van der Waals surface area contributed by atoms with Crippen molar-refractivity contribution in [1.29, 1.82) is 0 Å². The van der Waals surface area contributed by atoms with Crippen LogP contribution in [0.1, 0.15) is 44.3 Å². The van der Waals surface area contributed by atoms with Crippen molar-refractivity contribution in [3.63, 3.8) is 0 Å². The van der Waals surface area contributed by atoms with E-state index in [-0.39, 0.29) is 0 Å². The minimum Gasteiger partial charge on any atom is -0.497 e. The minimum absolute atomic E-state index is 0.449. The van der Waals surface area contributed by atoms with Gasteiger partial charge >= 0.3 is 0 Å². The van der Waals surface area contributed by atoms with Crippen LogP contribution < -0.4 is 4.74 Å². The zero-order valence-electron chi connectivity index (χ0n) is 15.6. The summed E-state index contributed by atoms with van der Waals surface area (Å²) in [5.74, 6) is 2.27. The van der Waals surface area contributed by atoms with Crippen LogP contribution in [-0.2, 0) is 0 Å². The van der Waals surface area contributed by atoms with Crippen LogP contribution in [0.15, 0.2) is 30.5 Å². The topological polar surface area (TPSA) is 45.6 Å². The van der Waals surface area contributed by atoms with E-state index in [1.54, 1.807) is 13.3 Å². The second kappa shape index (κ2) is 8.15. The van der Waals surface area contributed by atoms with Crippen LogP contribution in [0.25, 0.3) is 10.9 Å². The Hall–Kier alpha value is -1.65. The lowest BCUT2D eigenvalue weighted by Crippen LogP contribution is -2.37. The monoisotopic (exact) mass is 342 g/mol. The molecule has 0 aliphatic carbocycles. The van der Waals surface area contributed by atoms with Gasteiger partial charge in [-0.1, -0.05) is 13.3 Å². The molecule has 1 aromatic carbocycles. The van der Waals surface area contributed by atoms with Gasteiger partial charge in [-0.3, -0.25) is 4.98 Å².